The molecule has 0 atom stereocenters. The minimum Gasteiger partial charge on any atom is -0.357 e. The Hall–Kier alpha value is -2.86. The van der Waals surface area contributed by atoms with E-state index in [-0.39, 0.29) is 5.91 Å². The van der Waals surface area contributed by atoms with Crippen molar-refractivity contribution < 1.29 is 4.79 Å². The van der Waals surface area contributed by atoms with Crippen LogP contribution in [0.3, 0.4) is 0 Å². The summed E-state index contributed by atoms with van der Waals surface area (Å²) in [5, 5.41) is 3.69. The third-order valence-corrected chi connectivity index (χ3v) is 5.69. The number of benzene rings is 1. The van der Waals surface area contributed by atoms with Crippen LogP contribution in [0.5, 0.6) is 0 Å². The van der Waals surface area contributed by atoms with Gasteiger partial charge in [-0.2, -0.15) is 0 Å². The van der Waals surface area contributed by atoms with Crippen LogP contribution in [0.4, 0.5) is 5.82 Å². The highest BCUT2D eigenvalue weighted by molar-refractivity contribution is 7.99. The molecule has 0 saturated carbocycles. The van der Waals surface area contributed by atoms with Crippen LogP contribution in [0.25, 0.3) is 0 Å². The Morgan fingerprint density at radius 3 is 2.57 bits per heavy atom. The average Bonchev–Trinajstić information content (AvgIpc) is 3.28. The highest BCUT2D eigenvalue weighted by Crippen LogP contribution is 2.28. The first-order valence-electron chi connectivity index (χ1n) is 9.45. The van der Waals surface area contributed by atoms with Gasteiger partial charge in [-0.25, -0.2) is 9.97 Å². The Balaban J connectivity index is 1.40. The molecule has 1 aromatic carbocycles. The zero-order valence-electron chi connectivity index (χ0n) is 15.5. The number of pyridine rings is 2. The predicted octanol–water partition coefficient (Wildman–Crippen LogP) is 4.16. The number of carbonyl (C=O) groups excluding carboxylic acids is 1. The Bertz CT molecular complexity index is 925. The summed E-state index contributed by atoms with van der Waals surface area (Å²) in [6.07, 6.45) is 6.02. The van der Waals surface area contributed by atoms with Crippen molar-refractivity contribution in [3.63, 3.8) is 0 Å². The second-order valence-electron chi connectivity index (χ2n) is 6.67. The lowest BCUT2D eigenvalue weighted by Crippen LogP contribution is -2.24. The fourth-order valence-electron chi connectivity index (χ4n) is 3.18. The van der Waals surface area contributed by atoms with Gasteiger partial charge in [0.1, 0.15) is 10.8 Å². The van der Waals surface area contributed by atoms with E-state index in [0.29, 0.717) is 17.1 Å². The number of rotatable bonds is 6. The van der Waals surface area contributed by atoms with Crippen LogP contribution in [0, 0.1) is 0 Å². The van der Waals surface area contributed by atoms with Crippen molar-refractivity contribution in [1.82, 2.24) is 15.3 Å². The normalized spacial score (nSPS) is 13.5. The fourth-order valence-corrected chi connectivity index (χ4v) is 4.08. The van der Waals surface area contributed by atoms with E-state index in [4.69, 9.17) is 0 Å². The molecule has 0 radical (unpaired) electrons. The highest BCUT2D eigenvalue weighted by Gasteiger charge is 2.15. The van der Waals surface area contributed by atoms with Crippen molar-refractivity contribution in [2.24, 2.45) is 0 Å². The summed E-state index contributed by atoms with van der Waals surface area (Å²) >= 11 is 1.49. The van der Waals surface area contributed by atoms with Crippen LogP contribution < -0.4 is 10.2 Å². The molecule has 1 fully saturated rings. The van der Waals surface area contributed by atoms with E-state index in [1.807, 2.05) is 54.7 Å². The van der Waals surface area contributed by atoms with Crippen molar-refractivity contribution >= 4 is 23.5 Å². The smallest absolute Gasteiger partial charge is 0.254 e. The van der Waals surface area contributed by atoms with E-state index in [2.05, 4.69) is 20.2 Å². The Morgan fingerprint density at radius 2 is 1.82 bits per heavy atom. The van der Waals surface area contributed by atoms with E-state index in [1.165, 1.54) is 24.6 Å². The monoisotopic (exact) mass is 390 g/mol. The van der Waals surface area contributed by atoms with Crippen molar-refractivity contribution in [2.75, 3.05) is 18.0 Å². The van der Waals surface area contributed by atoms with Crippen LogP contribution in [0.1, 0.15) is 28.8 Å². The minimum absolute atomic E-state index is 0.129. The maximum Gasteiger partial charge on any atom is 0.254 e. The molecule has 1 amide bonds. The lowest BCUT2D eigenvalue weighted by atomic mass is 10.2. The van der Waals surface area contributed by atoms with E-state index in [9.17, 15) is 4.79 Å². The molecular formula is C22H22N4OS. The Labute approximate surface area is 169 Å². The van der Waals surface area contributed by atoms with E-state index < -0.39 is 0 Å². The van der Waals surface area contributed by atoms with Gasteiger partial charge in [-0.15, -0.1) is 0 Å². The van der Waals surface area contributed by atoms with Gasteiger partial charge in [-0.1, -0.05) is 36.0 Å². The number of anilines is 1. The number of carbonyl (C=O) groups is 1. The van der Waals surface area contributed by atoms with E-state index >= 15 is 0 Å². The van der Waals surface area contributed by atoms with E-state index in [1.54, 1.807) is 12.3 Å². The molecule has 0 unspecified atom stereocenters. The molecule has 0 spiro atoms. The topological polar surface area (TPSA) is 58.1 Å². The molecule has 2 aromatic heterocycles. The van der Waals surface area contributed by atoms with Crippen LogP contribution in [0.15, 0.2) is 76.9 Å². The largest absolute Gasteiger partial charge is 0.357 e. The van der Waals surface area contributed by atoms with E-state index in [0.717, 1.165) is 29.4 Å². The minimum atomic E-state index is -0.129. The summed E-state index contributed by atoms with van der Waals surface area (Å²) in [5.74, 6) is 0.886. The number of amides is 1. The van der Waals surface area contributed by atoms with Crippen molar-refractivity contribution in [3.05, 3.63) is 78.1 Å². The summed E-state index contributed by atoms with van der Waals surface area (Å²) in [4.78, 5) is 25.0. The molecule has 0 bridgehead atoms. The van der Waals surface area contributed by atoms with Gasteiger partial charge in [0, 0.05) is 36.9 Å². The fraction of sp³-hybridized carbons (Fsp3) is 0.227. The first-order valence-corrected chi connectivity index (χ1v) is 10.3. The van der Waals surface area contributed by atoms with Crippen LogP contribution in [-0.4, -0.2) is 29.0 Å². The van der Waals surface area contributed by atoms with Gasteiger partial charge in [0.15, 0.2) is 0 Å². The van der Waals surface area contributed by atoms with Gasteiger partial charge in [-0.3, -0.25) is 4.79 Å². The van der Waals surface area contributed by atoms with Crippen LogP contribution >= 0.6 is 11.8 Å². The molecule has 1 aliphatic heterocycles. The molecule has 28 heavy (non-hydrogen) atoms. The maximum atomic E-state index is 12.7. The van der Waals surface area contributed by atoms with Gasteiger partial charge in [0.25, 0.3) is 5.91 Å². The second-order valence-corrected chi connectivity index (χ2v) is 7.73. The summed E-state index contributed by atoms with van der Waals surface area (Å²) in [6.45, 7) is 2.59. The molecule has 5 nitrogen and oxygen atoms in total. The summed E-state index contributed by atoms with van der Waals surface area (Å²) in [5.41, 5.74) is 1.57. The third-order valence-electron chi connectivity index (χ3n) is 4.67. The molecule has 142 valence electrons. The number of hydrogen-bond donors (Lipinski definition) is 1. The predicted molar refractivity (Wildman–Crippen MR) is 112 cm³/mol. The van der Waals surface area contributed by atoms with Crippen molar-refractivity contribution in [3.8, 4) is 0 Å². The van der Waals surface area contributed by atoms with Crippen LogP contribution in [0.2, 0.25) is 0 Å². The standard InChI is InChI=1S/C22H22N4OS/c27-21(19-9-6-12-23-22(19)28-18-7-2-1-3-8-18)25-16-17-10-11-20(24-15-17)26-13-4-5-14-26/h1-3,6-12,15H,4-5,13-14,16H2,(H,25,27). The third kappa shape index (κ3) is 4.51. The lowest BCUT2D eigenvalue weighted by molar-refractivity contribution is 0.0947. The average molecular weight is 391 g/mol. The second kappa shape index (κ2) is 8.89. The molecule has 1 aliphatic rings. The molecule has 3 aromatic rings. The molecule has 4 rings (SSSR count). The quantitative estimate of drug-likeness (QED) is 0.685. The van der Waals surface area contributed by atoms with Gasteiger partial charge in [0.05, 0.1) is 5.56 Å². The van der Waals surface area contributed by atoms with Crippen LogP contribution in [-0.2, 0) is 6.54 Å². The highest BCUT2D eigenvalue weighted by atomic mass is 32.2. The molecule has 6 heteroatoms. The maximum absolute atomic E-state index is 12.7. The molecule has 1 saturated heterocycles. The number of aromatic nitrogens is 2. The number of nitrogens with zero attached hydrogens (tertiary/aromatic N) is 3. The number of hydrogen-bond acceptors (Lipinski definition) is 5. The summed E-state index contributed by atoms with van der Waals surface area (Å²) < 4.78 is 0. The Kier molecular flexibility index (Phi) is 5.87. The molecule has 1 N–H and O–H groups in total. The summed E-state index contributed by atoms with van der Waals surface area (Å²) in [6, 6.07) is 17.6. The van der Waals surface area contributed by atoms with Gasteiger partial charge >= 0.3 is 0 Å². The number of nitrogens with one attached hydrogen (secondary N) is 1. The molecule has 0 aliphatic carbocycles. The SMILES string of the molecule is O=C(NCc1ccc(N2CCCC2)nc1)c1cccnc1Sc1ccccc1. The lowest BCUT2D eigenvalue weighted by Gasteiger charge is -2.16. The molecular weight excluding hydrogens is 368 g/mol. The van der Waals surface area contributed by atoms with Crippen molar-refractivity contribution in [1.29, 1.82) is 0 Å². The van der Waals surface area contributed by atoms with Gasteiger partial charge in [-0.05, 0) is 48.7 Å². The summed E-state index contributed by atoms with van der Waals surface area (Å²) in [7, 11) is 0. The first-order chi connectivity index (χ1) is 13.8. The Morgan fingerprint density at radius 1 is 1.00 bits per heavy atom. The van der Waals surface area contributed by atoms with Gasteiger partial charge in [0.2, 0.25) is 0 Å². The van der Waals surface area contributed by atoms with Crippen molar-refractivity contribution in [2.45, 2.75) is 29.3 Å². The zero-order chi connectivity index (χ0) is 19.2. The first kappa shape index (κ1) is 18.5. The zero-order valence-corrected chi connectivity index (χ0v) is 16.4. The molecule has 3 heterocycles. The van der Waals surface area contributed by atoms with Gasteiger partial charge < -0.3 is 10.2 Å².